The smallest absolute Gasteiger partial charge is 0.184 e. The highest BCUT2D eigenvalue weighted by molar-refractivity contribution is 6.30. The van der Waals surface area contributed by atoms with E-state index in [4.69, 9.17) is 16.3 Å². The van der Waals surface area contributed by atoms with Crippen molar-refractivity contribution in [2.45, 2.75) is 6.54 Å². The van der Waals surface area contributed by atoms with Crippen molar-refractivity contribution in [3.05, 3.63) is 89.2 Å². The van der Waals surface area contributed by atoms with Crippen LogP contribution in [0.3, 0.4) is 0 Å². The molecule has 0 aliphatic heterocycles. The molecule has 4 aromatic rings. The molecule has 7 heteroatoms. The fraction of sp³-hybridized carbons (Fsp3) is 0.0909. The highest BCUT2D eigenvalue weighted by Gasteiger charge is 2.16. The summed E-state index contributed by atoms with van der Waals surface area (Å²) in [4.78, 5) is 10.4. The molecule has 0 saturated heterocycles. The lowest BCUT2D eigenvalue weighted by Crippen LogP contribution is -2.18. The Bertz CT molecular complexity index is 1170. The number of rotatable bonds is 5. The fourth-order valence-electron chi connectivity index (χ4n) is 3.13. The Morgan fingerprint density at radius 3 is 2.62 bits per heavy atom. The minimum atomic E-state index is -0.957. The molecule has 0 fully saturated rings. The predicted molar refractivity (Wildman–Crippen MR) is 110 cm³/mol. The van der Waals surface area contributed by atoms with E-state index in [1.54, 1.807) is 31.5 Å². The number of fused-ring (bicyclic) bond motifs is 1. The summed E-state index contributed by atoms with van der Waals surface area (Å²) in [5.74, 6) is -0.598. The Morgan fingerprint density at radius 2 is 1.90 bits per heavy atom. The van der Waals surface area contributed by atoms with Gasteiger partial charge in [0.2, 0.25) is 0 Å². The zero-order valence-corrected chi connectivity index (χ0v) is 16.2. The van der Waals surface area contributed by atoms with E-state index in [1.165, 1.54) is 12.3 Å². The van der Waals surface area contributed by atoms with Crippen molar-refractivity contribution in [2.75, 3.05) is 12.0 Å². The molecule has 0 unspecified atom stereocenters. The second-order valence-corrected chi connectivity index (χ2v) is 6.79. The van der Waals surface area contributed by atoms with Gasteiger partial charge in [0.05, 0.1) is 19.9 Å². The topological polar surface area (TPSA) is 38.2 Å². The maximum atomic E-state index is 14.2. The third kappa shape index (κ3) is 3.84. The Hall–Kier alpha value is -3.25. The average molecular weight is 412 g/mol. The Labute approximate surface area is 171 Å². The van der Waals surface area contributed by atoms with Crippen LogP contribution in [0.4, 0.5) is 20.3 Å². The molecule has 2 aromatic heterocycles. The summed E-state index contributed by atoms with van der Waals surface area (Å²) in [6.45, 7) is 0.351. The summed E-state index contributed by atoms with van der Waals surface area (Å²) in [6.07, 6.45) is 3.09. The van der Waals surface area contributed by atoms with Gasteiger partial charge >= 0.3 is 0 Å². The van der Waals surface area contributed by atoms with E-state index in [0.717, 1.165) is 17.3 Å². The Kier molecular flexibility index (Phi) is 5.27. The number of pyridine rings is 2. The van der Waals surface area contributed by atoms with Crippen LogP contribution in [0.5, 0.6) is 5.75 Å². The third-order valence-electron chi connectivity index (χ3n) is 4.58. The zero-order chi connectivity index (χ0) is 20.4. The molecule has 146 valence electrons. The van der Waals surface area contributed by atoms with Crippen molar-refractivity contribution in [1.29, 1.82) is 0 Å². The average Bonchev–Trinajstić information content (AvgIpc) is 2.75. The molecular weight excluding hydrogens is 396 g/mol. The fourth-order valence-corrected chi connectivity index (χ4v) is 3.31. The van der Waals surface area contributed by atoms with Crippen LogP contribution in [0.25, 0.3) is 10.9 Å². The first-order chi connectivity index (χ1) is 14.1. The number of nitrogens with zero attached hydrogens (tertiary/aromatic N) is 3. The van der Waals surface area contributed by atoms with Gasteiger partial charge in [-0.2, -0.15) is 0 Å². The molecule has 0 bridgehead atoms. The highest BCUT2D eigenvalue weighted by Crippen LogP contribution is 2.31. The van der Waals surface area contributed by atoms with Crippen LogP contribution < -0.4 is 9.64 Å². The SMILES string of the molecule is COc1ccc(N(Cc2ccnc3c(F)c(F)ccc23)c2cccc(Cl)c2)nc1. The standard InChI is InChI=1S/C22H16ClF2N3O/c1-29-17-5-8-20(27-12-17)28(16-4-2-3-15(23)11-16)13-14-9-10-26-22-18(14)6-7-19(24)21(22)25/h2-12H,13H2,1H3. The monoisotopic (exact) mass is 411 g/mol. The number of halogens is 3. The van der Waals surface area contributed by atoms with Gasteiger partial charge in [-0.05, 0) is 54.1 Å². The second kappa shape index (κ2) is 8.01. The van der Waals surface area contributed by atoms with Crippen molar-refractivity contribution < 1.29 is 13.5 Å². The minimum absolute atomic E-state index is 0.00349. The van der Waals surface area contributed by atoms with E-state index in [1.807, 2.05) is 29.2 Å². The highest BCUT2D eigenvalue weighted by atomic mass is 35.5. The lowest BCUT2D eigenvalue weighted by atomic mass is 10.1. The number of hydrogen-bond acceptors (Lipinski definition) is 4. The number of ether oxygens (including phenoxy) is 1. The normalized spacial score (nSPS) is 10.9. The molecule has 29 heavy (non-hydrogen) atoms. The maximum Gasteiger partial charge on any atom is 0.184 e. The molecule has 0 aliphatic rings. The summed E-state index contributed by atoms with van der Waals surface area (Å²) >= 11 is 6.19. The van der Waals surface area contributed by atoms with E-state index in [0.29, 0.717) is 28.5 Å². The molecule has 2 heterocycles. The first-order valence-corrected chi connectivity index (χ1v) is 9.19. The predicted octanol–water partition coefficient (Wildman–Crippen LogP) is 5.91. The van der Waals surface area contributed by atoms with Crippen LogP contribution in [0.15, 0.2) is 67.0 Å². The van der Waals surface area contributed by atoms with Gasteiger partial charge in [0.1, 0.15) is 17.1 Å². The quantitative estimate of drug-likeness (QED) is 0.409. The molecule has 0 saturated carbocycles. The Balaban J connectivity index is 1.82. The lowest BCUT2D eigenvalue weighted by Gasteiger charge is -2.25. The van der Waals surface area contributed by atoms with Crippen molar-refractivity contribution in [2.24, 2.45) is 0 Å². The molecule has 4 nitrogen and oxygen atoms in total. The molecule has 0 radical (unpaired) electrons. The Morgan fingerprint density at radius 1 is 1.03 bits per heavy atom. The molecule has 2 aromatic carbocycles. The van der Waals surface area contributed by atoms with Gasteiger partial charge in [-0.1, -0.05) is 17.7 Å². The van der Waals surface area contributed by atoms with Gasteiger partial charge in [0.25, 0.3) is 0 Å². The summed E-state index contributed by atoms with van der Waals surface area (Å²) in [5.41, 5.74) is 1.57. The second-order valence-electron chi connectivity index (χ2n) is 6.35. The van der Waals surface area contributed by atoms with Crippen LogP contribution in [0.1, 0.15) is 5.56 Å². The third-order valence-corrected chi connectivity index (χ3v) is 4.81. The lowest BCUT2D eigenvalue weighted by molar-refractivity contribution is 0.413. The van der Waals surface area contributed by atoms with Crippen LogP contribution in [-0.2, 0) is 6.54 Å². The van der Waals surface area contributed by atoms with Crippen molar-refractivity contribution in [3.8, 4) is 5.75 Å². The maximum absolute atomic E-state index is 14.2. The van der Waals surface area contributed by atoms with E-state index in [2.05, 4.69) is 9.97 Å². The van der Waals surface area contributed by atoms with Crippen LogP contribution in [-0.4, -0.2) is 17.1 Å². The number of benzene rings is 2. The van der Waals surface area contributed by atoms with E-state index >= 15 is 0 Å². The van der Waals surface area contributed by atoms with Crippen molar-refractivity contribution in [1.82, 2.24) is 9.97 Å². The summed E-state index contributed by atoms with van der Waals surface area (Å²) in [5, 5.41) is 1.11. The van der Waals surface area contributed by atoms with Crippen LogP contribution >= 0.6 is 11.6 Å². The van der Waals surface area contributed by atoms with Gasteiger partial charge in [-0.3, -0.25) is 4.98 Å². The van der Waals surface area contributed by atoms with Gasteiger partial charge < -0.3 is 9.64 Å². The zero-order valence-electron chi connectivity index (χ0n) is 15.4. The van der Waals surface area contributed by atoms with E-state index in [-0.39, 0.29) is 5.52 Å². The molecule has 0 amide bonds. The van der Waals surface area contributed by atoms with E-state index < -0.39 is 11.6 Å². The number of methoxy groups -OCH3 is 1. The van der Waals surface area contributed by atoms with Crippen LogP contribution in [0, 0.1) is 11.6 Å². The first kappa shape index (κ1) is 19.1. The van der Waals surface area contributed by atoms with Crippen LogP contribution in [0.2, 0.25) is 5.02 Å². The number of hydrogen-bond donors (Lipinski definition) is 0. The molecular formula is C22H16ClF2N3O. The summed E-state index contributed by atoms with van der Waals surface area (Å²) in [6, 6.07) is 15.4. The van der Waals surface area contributed by atoms with E-state index in [9.17, 15) is 8.78 Å². The number of anilines is 2. The van der Waals surface area contributed by atoms with Gasteiger partial charge in [0, 0.05) is 22.3 Å². The van der Waals surface area contributed by atoms with Gasteiger partial charge in [-0.25, -0.2) is 13.8 Å². The largest absolute Gasteiger partial charge is 0.495 e. The summed E-state index contributed by atoms with van der Waals surface area (Å²) < 4.78 is 33.0. The van der Waals surface area contributed by atoms with Crippen molar-refractivity contribution in [3.63, 3.8) is 0 Å². The molecule has 0 aliphatic carbocycles. The molecule has 0 spiro atoms. The van der Waals surface area contributed by atoms with Crippen molar-refractivity contribution >= 4 is 34.0 Å². The number of aromatic nitrogens is 2. The first-order valence-electron chi connectivity index (χ1n) is 8.81. The minimum Gasteiger partial charge on any atom is -0.495 e. The molecule has 0 atom stereocenters. The molecule has 4 rings (SSSR count). The van der Waals surface area contributed by atoms with Gasteiger partial charge in [0.15, 0.2) is 11.6 Å². The summed E-state index contributed by atoms with van der Waals surface area (Å²) in [7, 11) is 1.57. The molecule has 0 N–H and O–H groups in total. The van der Waals surface area contributed by atoms with Gasteiger partial charge in [-0.15, -0.1) is 0 Å².